The van der Waals surface area contributed by atoms with Crippen LogP contribution in [-0.4, -0.2) is 35.5 Å². The lowest BCUT2D eigenvalue weighted by molar-refractivity contribution is 0.200. The minimum Gasteiger partial charge on any atom is -0.491 e. The van der Waals surface area contributed by atoms with Crippen molar-refractivity contribution >= 4 is 11.7 Å². The molecule has 0 fully saturated rings. The van der Waals surface area contributed by atoms with Crippen LogP contribution in [-0.2, 0) is 26.1 Å². The van der Waals surface area contributed by atoms with Gasteiger partial charge >= 0.3 is 6.03 Å². The molecule has 0 saturated heterocycles. The molecule has 0 radical (unpaired) electrons. The SMILES string of the molecule is O=C(Nc1cc(F)ccc1F)N1CCOc2ccc(CN3CCc4ccccc4C3)cc2C1. The summed E-state index contributed by atoms with van der Waals surface area (Å²) in [4.78, 5) is 16.7. The van der Waals surface area contributed by atoms with Crippen LogP contribution in [0.1, 0.15) is 22.3 Å². The number of ether oxygens (including phenoxy) is 1. The van der Waals surface area contributed by atoms with E-state index in [4.69, 9.17) is 4.74 Å². The number of anilines is 1. The lowest BCUT2D eigenvalue weighted by Crippen LogP contribution is -2.36. The van der Waals surface area contributed by atoms with E-state index in [9.17, 15) is 13.6 Å². The second-order valence-corrected chi connectivity index (χ2v) is 8.50. The highest BCUT2D eigenvalue weighted by Crippen LogP contribution is 2.27. The Hall–Kier alpha value is -3.45. The molecule has 2 amide bonds. The number of nitrogens with zero attached hydrogens (tertiary/aromatic N) is 2. The number of nitrogens with one attached hydrogen (secondary N) is 1. The van der Waals surface area contributed by atoms with Crippen LogP contribution >= 0.6 is 0 Å². The number of hydrogen-bond donors (Lipinski definition) is 1. The lowest BCUT2D eigenvalue weighted by atomic mass is 9.99. The van der Waals surface area contributed by atoms with Gasteiger partial charge in [-0.25, -0.2) is 13.6 Å². The van der Waals surface area contributed by atoms with Gasteiger partial charge in [0, 0.05) is 31.3 Å². The maximum atomic E-state index is 14.0. The van der Waals surface area contributed by atoms with Gasteiger partial charge in [-0.05, 0) is 47.4 Å². The summed E-state index contributed by atoms with van der Waals surface area (Å²) >= 11 is 0. The molecular weight excluding hydrogens is 424 g/mol. The maximum absolute atomic E-state index is 14.0. The molecule has 0 aromatic heterocycles. The Morgan fingerprint density at radius 3 is 2.67 bits per heavy atom. The molecule has 3 aromatic carbocycles. The Kier molecular flexibility index (Phi) is 5.96. The second kappa shape index (κ2) is 9.19. The predicted octanol–water partition coefficient (Wildman–Crippen LogP) is 4.95. The van der Waals surface area contributed by atoms with E-state index in [-0.39, 0.29) is 5.69 Å². The lowest BCUT2D eigenvalue weighted by Gasteiger charge is -2.29. The fourth-order valence-corrected chi connectivity index (χ4v) is 4.45. The van der Waals surface area contributed by atoms with Crippen molar-refractivity contribution in [2.24, 2.45) is 0 Å². The van der Waals surface area contributed by atoms with Crippen molar-refractivity contribution in [2.75, 3.05) is 25.0 Å². The van der Waals surface area contributed by atoms with Crippen LogP contribution in [0.2, 0.25) is 0 Å². The zero-order valence-corrected chi connectivity index (χ0v) is 18.2. The van der Waals surface area contributed by atoms with Gasteiger partial charge in [0.25, 0.3) is 0 Å². The number of carbonyl (C=O) groups excluding carboxylic acids is 1. The number of carbonyl (C=O) groups is 1. The number of amides is 2. The molecule has 5 rings (SSSR count). The van der Waals surface area contributed by atoms with Gasteiger partial charge in [0.15, 0.2) is 0 Å². The molecule has 2 aliphatic heterocycles. The summed E-state index contributed by atoms with van der Waals surface area (Å²) in [5, 5.41) is 2.48. The molecule has 33 heavy (non-hydrogen) atoms. The van der Waals surface area contributed by atoms with Crippen LogP contribution in [0.4, 0.5) is 19.3 Å². The van der Waals surface area contributed by atoms with E-state index in [1.165, 1.54) is 11.1 Å². The summed E-state index contributed by atoms with van der Waals surface area (Å²) in [6, 6.07) is 17.1. The number of hydrogen-bond acceptors (Lipinski definition) is 3. The molecule has 7 heteroatoms. The molecule has 1 N–H and O–H groups in total. The van der Waals surface area contributed by atoms with Crippen molar-refractivity contribution in [1.29, 1.82) is 0 Å². The smallest absolute Gasteiger partial charge is 0.322 e. The van der Waals surface area contributed by atoms with Gasteiger partial charge in [-0.3, -0.25) is 4.90 Å². The van der Waals surface area contributed by atoms with Crippen LogP contribution in [0, 0.1) is 11.6 Å². The first-order valence-electron chi connectivity index (χ1n) is 11.1. The first-order valence-corrected chi connectivity index (χ1v) is 11.1. The zero-order valence-electron chi connectivity index (χ0n) is 18.2. The molecule has 0 saturated carbocycles. The van der Waals surface area contributed by atoms with Gasteiger partial charge < -0.3 is 15.0 Å². The van der Waals surface area contributed by atoms with E-state index >= 15 is 0 Å². The van der Waals surface area contributed by atoms with Gasteiger partial charge in [-0.2, -0.15) is 0 Å². The third-order valence-electron chi connectivity index (χ3n) is 6.18. The maximum Gasteiger partial charge on any atom is 0.322 e. The molecule has 2 heterocycles. The number of urea groups is 1. The number of rotatable bonds is 3. The molecule has 3 aromatic rings. The van der Waals surface area contributed by atoms with Crippen molar-refractivity contribution in [3.63, 3.8) is 0 Å². The van der Waals surface area contributed by atoms with Crippen LogP contribution < -0.4 is 10.1 Å². The van der Waals surface area contributed by atoms with Crippen LogP contribution in [0.5, 0.6) is 5.75 Å². The van der Waals surface area contributed by atoms with Crippen molar-refractivity contribution < 1.29 is 18.3 Å². The Labute approximate surface area is 191 Å². The molecule has 170 valence electrons. The minimum absolute atomic E-state index is 0.176. The van der Waals surface area contributed by atoms with Gasteiger partial charge in [0.1, 0.15) is 24.0 Å². The third kappa shape index (κ3) is 4.83. The number of halogens is 2. The zero-order chi connectivity index (χ0) is 22.8. The second-order valence-electron chi connectivity index (χ2n) is 8.50. The van der Waals surface area contributed by atoms with Crippen molar-refractivity contribution in [1.82, 2.24) is 9.80 Å². The first-order chi connectivity index (χ1) is 16.0. The highest BCUT2D eigenvalue weighted by molar-refractivity contribution is 5.89. The van der Waals surface area contributed by atoms with Crippen LogP contribution in [0.25, 0.3) is 0 Å². The van der Waals surface area contributed by atoms with E-state index in [0.29, 0.717) is 19.7 Å². The summed E-state index contributed by atoms with van der Waals surface area (Å²) in [5.41, 5.74) is 4.66. The Morgan fingerprint density at radius 2 is 1.79 bits per heavy atom. The highest BCUT2D eigenvalue weighted by Gasteiger charge is 2.22. The summed E-state index contributed by atoms with van der Waals surface area (Å²) < 4.78 is 33.3. The molecular formula is C26H25F2N3O2. The topological polar surface area (TPSA) is 44.8 Å². The average molecular weight is 450 g/mol. The number of fused-ring (bicyclic) bond motifs is 2. The van der Waals surface area contributed by atoms with Crippen molar-refractivity contribution in [3.05, 3.63) is 94.6 Å². The van der Waals surface area contributed by atoms with Gasteiger partial charge in [-0.15, -0.1) is 0 Å². The van der Waals surface area contributed by atoms with Crippen LogP contribution in [0.3, 0.4) is 0 Å². The van der Waals surface area contributed by atoms with E-state index < -0.39 is 17.7 Å². The summed E-state index contributed by atoms with van der Waals surface area (Å²) in [6.45, 7) is 3.72. The Bertz CT molecular complexity index is 1180. The third-order valence-corrected chi connectivity index (χ3v) is 6.18. The first kappa shape index (κ1) is 21.4. The minimum atomic E-state index is -0.679. The molecule has 5 nitrogen and oxygen atoms in total. The molecule has 0 bridgehead atoms. The fraction of sp³-hybridized carbons (Fsp3) is 0.269. The largest absolute Gasteiger partial charge is 0.491 e. The van der Waals surface area contributed by atoms with Gasteiger partial charge in [0.2, 0.25) is 0 Å². The van der Waals surface area contributed by atoms with E-state index in [0.717, 1.165) is 61.1 Å². The van der Waals surface area contributed by atoms with Crippen molar-refractivity contribution in [3.8, 4) is 5.75 Å². The Morgan fingerprint density at radius 1 is 0.939 bits per heavy atom. The standard InChI is InChI=1S/C26H25F2N3O2/c27-22-6-7-23(28)24(14-22)29-26(32)31-11-12-33-25-8-5-18(13-21(25)17-31)15-30-10-9-19-3-1-2-4-20(19)16-30/h1-8,13-14H,9-12,15-17H2,(H,29,32). The van der Waals surface area contributed by atoms with Gasteiger partial charge in [-0.1, -0.05) is 30.3 Å². The predicted molar refractivity (Wildman–Crippen MR) is 122 cm³/mol. The van der Waals surface area contributed by atoms with Gasteiger partial charge in [0.05, 0.1) is 18.8 Å². The molecule has 0 atom stereocenters. The summed E-state index contributed by atoms with van der Waals surface area (Å²) in [7, 11) is 0. The van der Waals surface area contributed by atoms with Crippen molar-refractivity contribution in [2.45, 2.75) is 26.1 Å². The quantitative estimate of drug-likeness (QED) is 0.616. The normalized spacial score (nSPS) is 15.8. The monoisotopic (exact) mass is 449 g/mol. The fourth-order valence-electron chi connectivity index (χ4n) is 4.45. The number of benzene rings is 3. The molecule has 0 unspecified atom stereocenters. The van der Waals surface area contributed by atoms with E-state index in [1.807, 2.05) is 6.07 Å². The molecule has 2 aliphatic rings. The average Bonchev–Trinajstić information content (AvgIpc) is 3.03. The molecule has 0 spiro atoms. The summed E-state index contributed by atoms with van der Waals surface area (Å²) in [5.74, 6) is -0.544. The molecule has 0 aliphatic carbocycles. The summed E-state index contributed by atoms with van der Waals surface area (Å²) in [6.07, 6.45) is 1.04. The Balaban J connectivity index is 1.29. The highest BCUT2D eigenvalue weighted by atomic mass is 19.1. The van der Waals surface area contributed by atoms with E-state index in [1.54, 1.807) is 4.90 Å². The van der Waals surface area contributed by atoms with E-state index in [2.05, 4.69) is 46.6 Å². The van der Waals surface area contributed by atoms with Crippen LogP contribution in [0.15, 0.2) is 60.7 Å².